The number of carbonyl (C=O) groups excluding carboxylic acids is 1. The molecule has 5 atom stereocenters. The summed E-state index contributed by atoms with van der Waals surface area (Å²) in [6.45, 7) is 3.02. The van der Waals surface area contributed by atoms with E-state index in [4.69, 9.17) is 0 Å². The number of fused-ring (bicyclic) bond motifs is 1. The average molecular weight is 420 g/mol. The Hall–Kier alpha value is -2.28. The van der Waals surface area contributed by atoms with Crippen molar-refractivity contribution in [2.45, 2.75) is 56.8 Å². The van der Waals surface area contributed by atoms with Crippen molar-refractivity contribution in [3.63, 3.8) is 0 Å². The second-order valence-corrected chi connectivity index (χ2v) is 9.40. The molecule has 6 heteroatoms. The number of likely N-dealkylation sites (tertiary alicyclic amines) is 1. The van der Waals surface area contributed by atoms with Crippen LogP contribution in [0.2, 0.25) is 0 Å². The molecular formula is C25H33N5O. The van der Waals surface area contributed by atoms with Crippen LogP contribution in [0.4, 0.5) is 0 Å². The van der Waals surface area contributed by atoms with E-state index in [0.29, 0.717) is 12.0 Å². The summed E-state index contributed by atoms with van der Waals surface area (Å²) in [5.74, 6) is 0.801. The number of carbonyl (C=O) groups is 1. The van der Waals surface area contributed by atoms with Gasteiger partial charge in [-0.3, -0.25) is 20.1 Å². The molecule has 164 valence electrons. The lowest BCUT2D eigenvalue weighted by Crippen LogP contribution is -2.50. The molecule has 3 heterocycles. The number of amides is 1. The lowest BCUT2D eigenvalue weighted by molar-refractivity contribution is -0.127. The van der Waals surface area contributed by atoms with Gasteiger partial charge in [-0.25, -0.2) is 5.43 Å². The van der Waals surface area contributed by atoms with Crippen molar-refractivity contribution in [2.75, 3.05) is 13.1 Å². The second kappa shape index (κ2) is 9.47. The fraction of sp³-hybridized carbons (Fsp3) is 0.520. The van der Waals surface area contributed by atoms with Crippen molar-refractivity contribution in [1.29, 1.82) is 0 Å². The zero-order valence-electron chi connectivity index (χ0n) is 18.0. The first-order valence-corrected chi connectivity index (χ1v) is 11.7. The Labute approximate surface area is 184 Å². The zero-order valence-corrected chi connectivity index (χ0v) is 18.0. The summed E-state index contributed by atoms with van der Waals surface area (Å²) in [7, 11) is 0. The Kier molecular flexibility index (Phi) is 6.30. The lowest BCUT2D eigenvalue weighted by atomic mass is 9.74. The maximum Gasteiger partial charge on any atom is 0.223 e. The van der Waals surface area contributed by atoms with E-state index in [1.165, 1.54) is 11.1 Å². The van der Waals surface area contributed by atoms with Crippen LogP contribution in [0.5, 0.6) is 0 Å². The summed E-state index contributed by atoms with van der Waals surface area (Å²) in [5.41, 5.74) is 9.53. The van der Waals surface area contributed by atoms with Crippen LogP contribution in [0.15, 0.2) is 54.9 Å². The third kappa shape index (κ3) is 4.81. The first-order chi connectivity index (χ1) is 15.3. The van der Waals surface area contributed by atoms with Gasteiger partial charge in [-0.15, -0.1) is 0 Å². The van der Waals surface area contributed by atoms with E-state index in [0.717, 1.165) is 51.7 Å². The Bertz CT molecular complexity index is 861. The van der Waals surface area contributed by atoms with E-state index >= 15 is 0 Å². The number of piperidine rings is 1. The summed E-state index contributed by atoms with van der Waals surface area (Å²) >= 11 is 0. The minimum atomic E-state index is 0.108. The molecule has 0 bridgehead atoms. The highest BCUT2D eigenvalue weighted by molar-refractivity contribution is 5.79. The lowest BCUT2D eigenvalue weighted by Gasteiger charge is -2.36. The van der Waals surface area contributed by atoms with Crippen molar-refractivity contribution in [1.82, 2.24) is 26.1 Å². The van der Waals surface area contributed by atoms with Crippen molar-refractivity contribution in [3.8, 4) is 0 Å². The van der Waals surface area contributed by atoms with E-state index in [1.807, 2.05) is 12.4 Å². The number of nitrogens with one attached hydrogen (secondary N) is 3. The fourth-order valence-electron chi connectivity index (χ4n) is 5.67. The molecule has 1 aromatic heterocycles. The molecule has 3 N–H and O–H groups in total. The number of rotatable bonds is 5. The Morgan fingerprint density at radius 2 is 1.90 bits per heavy atom. The van der Waals surface area contributed by atoms with Gasteiger partial charge < -0.3 is 5.32 Å². The molecule has 0 spiro atoms. The summed E-state index contributed by atoms with van der Waals surface area (Å²) < 4.78 is 0. The van der Waals surface area contributed by atoms with Crippen LogP contribution < -0.4 is 16.2 Å². The topological polar surface area (TPSA) is 69.3 Å². The number of pyridine rings is 1. The van der Waals surface area contributed by atoms with E-state index in [9.17, 15) is 4.79 Å². The van der Waals surface area contributed by atoms with E-state index < -0.39 is 0 Å². The quantitative estimate of drug-likeness (QED) is 0.695. The smallest absolute Gasteiger partial charge is 0.223 e. The Morgan fingerprint density at radius 3 is 2.74 bits per heavy atom. The van der Waals surface area contributed by atoms with Crippen LogP contribution in [0.3, 0.4) is 0 Å². The van der Waals surface area contributed by atoms with Crippen LogP contribution in [-0.2, 0) is 11.3 Å². The molecule has 1 aromatic carbocycles. The predicted molar refractivity (Wildman–Crippen MR) is 121 cm³/mol. The van der Waals surface area contributed by atoms with Gasteiger partial charge in [0.15, 0.2) is 0 Å². The molecule has 1 aliphatic carbocycles. The van der Waals surface area contributed by atoms with Gasteiger partial charge in [0.2, 0.25) is 5.91 Å². The molecule has 3 fully saturated rings. The van der Waals surface area contributed by atoms with E-state index in [2.05, 4.69) is 68.5 Å². The Morgan fingerprint density at radius 1 is 1.06 bits per heavy atom. The molecule has 1 amide bonds. The minimum absolute atomic E-state index is 0.108. The first-order valence-electron chi connectivity index (χ1n) is 11.7. The summed E-state index contributed by atoms with van der Waals surface area (Å²) in [5, 5.41) is 3.41. The van der Waals surface area contributed by atoms with Crippen molar-refractivity contribution < 1.29 is 4.79 Å². The van der Waals surface area contributed by atoms with Crippen LogP contribution in [0, 0.1) is 11.8 Å². The van der Waals surface area contributed by atoms with Gasteiger partial charge >= 0.3 is 0 Å². The summed E-state index contributed by atoms with van der Waals surface area (Å²) in [6, 6.07) is 15.7. The van der Waals surface area contributed by atoms with Crippen molar-refractivity contribution >= 4 is 5.91 Å². The number of hydrogen-bond acceptors (Lipinski definition) is 5. The number of hydrogen-bond donors (Lipinski definition) is 3. The first kappa shape index (κ1) is 20.6. The molecule has 2 aliphatic heterocycles. The maximum absolute atomic E-state index is 13.2. The highest BCUT2D eigenvalue weighted by Crippen LogP contribution is 2.40. The molecule has 3 aliphatic rings. The predicted octanol–water partition coefficient (Wildman–Crippen LogP) is 2.80. The third-order valence-electron chi connectivity index (χ3n) is 7.29. The van der Waals surface area contributed by atoms with Gasteiger partial charge in [-0.05, 0) is 67.8 Å². The number of hydrazine groups is 1. The summed E-state index contributed by atoms with van der Waals surface area (Å²) in [4.78, 5) is 19.8. The van der Waals surface area contributed by atoms with Gasteiger partial charge in [0.25, 0.3) is 0 Å². The molecule has 5 rings (SSSR count). The number of benzene rings is 1. The van der Waals surface area contributed by atoms with Gasteiger partial charge in [0, 0.05) is 43.5 Å². The SMILES string of the molecule is O=C(N[C@@H]1CCCN(Cc2ccccc2)C1)C1CCC2NNC(c3ccncc3)C2C1. The van der Waals surface area contributed by atoms with Gasteiger partial charge in [-0.1, -0.05) is 30.3 Å². The fourth-order valence-corrected chi connectivity index (χ4v) is 5.67. The zero-order chi connectivity index (χ0) is 21.0. The third-order valence-corrected chi connectivity index (χ3v) is 7.29. The van der Waals surface area contributed by atoms with Crippen molar-refractivity contribution in [3.05, 3.63) is 66.0 Å². The van der Waals surface area contributed by atoms with Gasteiger partial charge in [0.05, 0.1) is 6.04 Å². The largest absolute Gasteiger partial charge is 0.352 e. The van der Waals surface area contributed by atoms with Crippen LogP contribution in [-0.4, -0.2) is 41.0 Å². The normalized spacial score (nSPS) is 31.2. The van der Waals surface area contributed by atoms with Crippen LogP contribution in [0.1, 0.15) is 49.3 Å². The van der Waals surface area contributed by atoms with Crippen LogP contribution >= 0.6 is 0 Å². The number of nitrogens with zero attached hydrogens (tertiary/aromatic N) is 2. The molecule has 0 radical (unpaired) electrons. The molecule has 4 unspecified atom stereocenters. The van der Waals surface area contributed by atoms with Crippen LogP contribution in [0.25, 0.3) is 0 Å². The summed E-state index contributed by atoms with van der Waals surface area (Å²) in [6.07, 6.45) is 8.87. The van der Waals surface area contributed by atoms with Gasteiger partial charge in [0.1, 0.15) is 0 Å². The van der Waals surface area contributed by atoms with Crippen molar-refractivity contribution in [2.24, 2.45) is 11.8 Å². The highest BCUT2D eigenvalue weighted by Gasteiger charge is 2.43. The monoisotopic (exact) mass is 419 g/mol. The van der Waals surface area contributed by atoms with Gasteiger partial charge in [-0.2, -0.15) is 0 Å². The molecule has 6 nitrogen and oxygen atoms in total. The Balaban J connectivity index is 1.17. The van der Waals surface area contributed by atoms with E-state index in [1.54, 1.807) is 0 Å². The molecule has 31 heavy (non-hydrogen) atoms. The molecule has 2 aromatic rings. The molecule has 1 saturated carbocycles. The van der Waals surface area contributed by atoms with E-state index in [-0.39, 0.29) is 23.9 Å². The molecular weight excluding hydrogens is 386 g/mol. The number of aromatic nitrogens is 1. The standard InChI is InChI=1S/C25H33N5O/c31-25(27-21-7-4-14-30(17-21)16-18-5-2-1-3-6-18)20-8-9-23-22(15-20)24(29-28-23)19-10-12-26-13-11-19/h1-3,5-6,10-13,20-24,28-29H,4,7-9,14-17H2,(H,27,31)/t20?,21-,22?,23?,24?/m1/s1. The minimum Gasteiger partial charge on any atom is -0.352 e. The second-order valence-electron chi connectivity index (χ2n) is 9.40. The average Bonchev–Trinajstić information content (AvgIpc) is 3.24. The molecule has 2 saturated heterocycles. The highest BCUT2D eigenvalue weighted by atomic mass is 16.2. The maximum atomic E-state index is 13.2.